The zero-order valence-electron chi connectivity index (χ0n) is 18.8. The number of hydrogen-bond acceptors (Lipinski definition) is 5. The molecule has 1 atom stereocenters. The summed E-state index contributed by atoms with van der Waals surface area (Å²) in [5, 5.41) is 13.5. The van der Waals surface area contributed by atoms with E-state index in [9.17, 15) is 10.1 Å². The second-order valence-corrected chi connectivity index (χ2v) is 8.60. The predicted octanol–water partition coefficient (Wildman–Crippen LogP) is 4.61. The lowest BCUT2D eigenvalue weighted by atomic mass is 9.86. The van der Waals surface area contributed by atoms with Gasteiger partial charge < -0.3 is 9.26 Å². The van der Waals surface area contributed by atoms with E-state index >= 15 is 0 Å². The van der Waals surface area contributed by atoms with Crippen LogP contribution in [0.3, 0.4) is 0 Å². The third-order valence-electron chi connectivity index (χ3n) is 6.65. The van der Waals surface area contributed by atoms with Gasteiger partial charge in [0, 0.05) is 18.8 Å². The Hall–Kier alpha value is -3.63. The third kappa shape index (κ3) is 3.66. The number of aromatic nitrogens is 3. The summed E-state index contributed by atoms with van der Waals surface area (Å²) in [5.41, 5.74) is 5.18. The lowest BCUT2D eigenvalue weighted by Crippen LogP contribution is -2.34. The van der Waals surface area contributed by atoms with E-state index in [0.29, 0.717) is 13.2 Å². The number of rotatable bonds is 5. The van der Waals surface area contributed by atoms with Gasteiger partial charge in [0.25, 0.3) is 0 Å². The Balaban J connectivity index is 1.79. The van der Waals surface area contributed by atoms with E-state index in [0.717, 1.165) is 52.0 Å². The molecule has 3 heterocycles. The van der Waals surface area contributed by atoms with Gasteiger partial charge in [-0.15, -0.1) is 0 Å². The summed E-state index contributed by atoms with van der Waals surface area (Å²) in [6.07, 6.45) is 1.75. The quantitative estimate of drug-likeness (QED) is 0.450. The number of ether oxygens (including phenoxy) is 1. The summed E-state index contributed by atoms with van der Waals surface area (Å²) in [5.74, 6) is 0.990. The normalized spacial score (nSPS) is 15.5. The van der Waals surface area contributed by atoms with Crippen LogP contribution in [-0.2, 0) is 11.3 Å². The highest BCUT2D eigenvalue weighted by molar-refractivity contribution is 5.84. The maximum Gasteiger partial charge on any atom is 0.330 e. The fourth-order valence-corrected chi connectivity index (χ4v) is 5.14. The van der Waals surface area contributed by atoms with E-state index in [1.807, 2.05) is 54.8 Å². The highest BCUT2D eigenvalue weighted by atomic mass is 16.5. The highest BCUT2D eigenvalue weighted by Gasteiger charge is 2.31. The SMILES string of the molecule is Cc1noc(C)c1-c1ccc2c(c1)n(C(c1ccccc1)C1CCOCC1)c(=O)n2CC#N. The Morgan fingerprint density at radius 2 is 1.88 bits per heavy atom. The monoisotopic (exact) mass is 442 g/mol. The van der Waals surface area contributed by atoms with Crippen LogP contribution in [0, 0.1) is 31.1 Å². The van der Waals surface area contributed by atoms with Crippen molar-refractivity contribution in [1.29, 1.82) is 5.26 Å². The molecule has 0 spiro atoms. The fourth-order valence-electron chi connectivity index (χ4n) is 5.14. The summed E-state index contributed by atoms with van der Waals surface area (Å²) in [6.45, 7) is 5.18. The first-order valence-corrected chi connectivity index (χ1v) is 11.3. The van der Waals surface area contributed by atoms with Gasteiger partial charge in [0.05, 0.1) is 28.8 Å². The van der Waals surface area contributed by atoms with Crippen LogP contribution in [0.15, 0.2) is 57.8 Å². The first kappa shape index (κ1) is 21.2. The zero-order valence-corrected chi connectivity index (χ0v) is 18.8. The average Bonchev–Trinajstić information content (AvgIpc) is 3.31. The molecule has 5 rings (SSSR count). The molecule has 0 radical (unpaired) electrons. The standard InChI is InChI=1S/C26H26N4O3/c1-17-24(18(2)33-28-17)21-8-9-22-23(16-21)30(26(31)29(22)13-12-27)25(19-6-4-3-5-7-19)20-10-14-32-15-11-20/h3-9,16,20,25H,10-11,13-15H2,1-2H3. The molecule has 0 amide bonds. The molecule has 1 fully saturated rings. The maximum atomic E-state index is 13.8. The Bertz CT molecular complexity index is 1370. The van der Waals surface area contributed by atoms with Gasteiger partial charge in [-0.3, -0.25) is 9.13 Å². The molecule has 4 aromatic rings. The van der Waals surface area contributed by atoms with Crippen molar-refractivity contribution in [3.8, 4) is 17.2 Å². The molecule has 1 aliphatic rings. The van der Waals surface area contributed by atoms with Gasteiger partial charge in [-0.25, -0.2) is 4.79 Å². The number of imidazole rings is 1. The minimum Gasteiger partial charge on any atom is -0.381 e. The minimum atomic E-state index is -0.164. The molecule has 0 aliphatic carbocycles. The number of nitrogens with zero attached hydrogens (tertiary/aromatic N) is 4. The molecular weight excluding hydrogens is 416 g/mol. The van der Waals surface area contributed by atoms with Gasteiger partial charge in [-0.2, -0.15) is 5.26 Å². The predicted molar refractivity (Wildman–Crippen MR) is 125 cm³/mol. The van der Waals surface area contributed by atoms with E-state index in [1.165, 1.54) is 0 Å². The Morgan fingerprint density at radius 1 is 1.12 bits per heavy atom. The van der Waals surface area contributed by atoms with Crippen molar-refractivity contribution in [2.45, 2.75) is 39.3 Å². The number of aryl methyl sites for hydroxylation is 2. The van der Waals surface area contributed by atoms with Crippen molar-refractivity contribution in [3.05, 3.63) is 76.0 Å². The van der Waals surface area contributed by atoms with Gasteiger partial charge in [0.2, 0.25) is 0 Å². The molecule has 7 heteroatoms. The first-order valence-electron chi connectivity index (χ1n) is 11.3. The maximum absolute atomic E-state index is 13.8. The number of hydrogen-bond donors (Lipinski definition) is 0. The van der Waals surface area contributed by atoms with Gasteiger partial charge in [0.1, 0.15) is 12.3 Å². The molecule has 168 valence electrons. The van der Waals surface area contributed by atoms with Crippen LogP contribution in [-0.4, -0.2) is 27.5 Å². The molecule has 0 N–H and O–H groups in total. The summed E-state index contributed by atoms with van der Waals surface area (Å²) in [4.78, 5) is 13.8. The van der Waals surface area contributed by atoms with Crippen molar-refractivity contribution < 1.29 is 9.26 Å². The molecule has 2 aromatic heterocycles. The molecular formula is C26H26N4O3. The number of nitriles is 1. The van der Waals surface area contributed by atoms with Crippen LogP contribution in [0.4, 0.5) is 0 Å². The first-order chi connectivity index (χ1) is 16.1. The van der Waals surface area contributed by atoms with E-state index in [4.69, 9.17) is 9.26 Å². The smallest absolute Gasteiger partial charge is 0.330 e. The van der Waals surface area contributed by atoms with Crippen molar-refractivity contribution in [2.24, 2.45) is 5.92 Å². The van der Waals surface area contributed by atoms with Crippen LogP contribution in [0.25, 0.3) is 22.2 Å². The lowest BCUT2D eigenvalue weighted by Gasteiger charge is -2.31. The van der Waals surface area contributed by atoms with E-state index in [-0.39, 0.29) is 24.2 Å². The zero-order chi connectivity index (χ0) is 22.9. The second kappa shape index (κ2) is 8.72. The van der Waals surface area contributed by atoms with Crippen LogP contribution >= 0.6 is 0 Å². The van der Waals surface area contributed by atoms with Gasteiger partial charge in [-0.1, -0.05) is 41.6 Å². The lowest BCUT2D eigenvalue weighted by molar-refractivity contribution is 0.0543. The van der Waals surface area contributed by atoms with E-state index < -0.39 is 0 Å². The summed E-state index contributed by atoms with van der Waals surface area (Å²) in [7, 11) is 0. The Labute approximate surface area is 191 Å². The molecule has 1 unspecified atom stereocenters. The highest BCUT2D eigenvalue weighted by Crippen LogP contribution is 2.36. The van der Waals surface area contributed by atoms with Gasteiger partial charge in [0.15, 0.2) is 0 Å². The average molecular weight is 443 g/mol. The Morgan fingerprint density at radius 3 is 2.55 bits per heavy atom. The summed E-state index contributed by atoms with van der Waals surface area (Å²) >= 11 is 0. The van der Waals surface area contributed by atoms with Crippen molar-refractivity contribution in [2.75, 3.05) is 13.2 Å². The van der Waals surface area contributed by atoms with Gasteiger partial charge >= 0.3 is 5.69 Å². The van der Waals surface area contributed by atoms with Crippen molar-refractivity contribution >= 4 is 11.0 Å². The molecule has 2 aromatic carbocycles. The van der Waals surface area contributed by atoms with Crippen molar-refractivity contribution in [1.82, 2.24) is 14.3 Å². The fraction of sp³-hybridized carbons (Fsp3) is 0.346. The molecule has 1 aliphatic heterocycles. The van der Waals surface area contributed by atoms with Crippen LogP contribution in [0.1, 0.15) is 35.9 Å². The van der Waals surface area contributed by atoms with E-state index in [1.54, 1.807) is 4.57 Å². The van der Waals surface area contributed by atoms with E-state index in [2.05, 4.69) is 23.4 Å². The topological polar surface area (TPSA) is 86.0 Å². The molecule has 0 saturated carbocycles. The largest absolute Gasteiger partial charge is 0.381 e. The molecule has 0 bridgehead atoms. The summed E-state index contributed by atoms with van der Waals surface area (Å²) < 4.78 is 14.5. The number of benzene rings is 2. The molecule has 33 heavy (non-hydrogen) atoms. The molecule has 7 nitrogen and oxygen atoms in total. The van der Waals surface area contributed by atoms with Crippen molar-refractivity contribution in [3.63, 3.8) is 0 Å². The summed E-state index contributed by atoms with van der Waals surface area (Å²) in [6, 6.07) is 18.1. The van der Waals surface area contributed by atoms with Crippen LogP contribution in [0.5, 0.6) is 0 Å². The van der Waals surface area contributed by atoms with Crippen LogP contribution < -0.4 is 5.69 Å². The Kier molecular flexibility index (Phi) is 5.61. The minimum absolute atomic E-state index is 0.00227. The number of fused-ring (bicyclic) bond motifs is 1. The van der Waals surface area contributed by atoms with Crippen LogP contribution in [0.2, 0.25) is 0 Å². The third-order valence-corrected chi connectivity index (χ3v) is 6.65. The second-order valence-electron chi connectivity index (χ2n) is 8.60. The van der Waals surface area contributed by atoms with Gasteiger partial charge in [-0.05, 0) is 55.9 Å². The molecule has 1 saturated heterocycles.